The molecular formula is C20H21FN4O2S. The van der Waals surface area contributed by atoms with Crippen molar-refractivity contribution in [1.82, 2.24) is 20.1 Å². The number of methoxy groups -OCH3 is 1. The SMILES string of the molecule is COCCn1c(SCC(=O)NCc2ccccc2F)nnc1-c1ccccc1. The number of hydrogen-bond donors (Lipinski definition) is 1. The lowest BCUT2D eigenvalue weighted by Gasteiger charge is -2.10. The van der Waals surface area contributed by atoms with Gasteiger partial charge >= 0.3 is 0 Å². The van der Waals surface area contributed by atoms with E-state index in [1.54, 1.807) is 25.3 Å². The summed E-state index contributed by atoms with van der Waals surface area (Å²) in [7, 11) is 1.63. The van der Waals surface area contributed by atoms with Crippen LogP contribution in [0.25, 0.3) is 11.4 Å². The van der Waals surface area contributed by atoms with E-state index in [-0.39, 0.29) is 24.0 Å². The Morgan fingerprint density at radius 2 is 1.89 bits per heavy atom. The van der Waals surface area contributed by atoms with Crippen LogP contribution in [0.2, 0.25) is 0 Å². The van der Waals surface area contributed by atoms with Crippen molar-refractivity contribution in [2.75, 3.05) is 19.5 Å². The minimum Gasteiger partial charge on any atom is -0.383 e. The average Bonchev–Trinajstić information content (AvgIpc) is 3.13. The summed E-state index contributed by atoms with van der Waals surface area (Å²) in [5.74, 6) is 0.360. The van der Waals surface area contributed by atoms with E-state index in [4.69, 9.17) is 4.74 Å². The number of ether oxygens (including phenoxy) is 1. The van der Waals surface area contributed by atoms with Gasteiger partial charge in [-0.3, -0.25) is 9.36 Å². The lowest BCUT2D eigenvalue weighted by molar-refractivity contribution is -0.118. The number of thioether (sulfide) groups is 1. The van der Waals surface area contributed by atoms with Crippen LogP contribution >= 0.6 is 11.8 Å². The van der Waals surface area contributed by atoms with E-state index in [1.807, 2.05) is 34.9 Å². The molecule has 146 valence electrons. The largest absolute Gasteiger partial charge is 0.383 e. The fraction of sp³-hybridized carbons (Fsp3) is 0.250. The number of benzene rings is 2. The van der Waals surface area contributed by atoms with Crippen LogP contribution in [0.1, 0.15) is 5.56 Å². The summed E-state index contributed by atoms with van der Waals surface area (Å²) in [5.41, 5.74) is 1.40. The highest BCUT2D eigenvalue weighted by Crippen LogP contribution is 2.23. The Morgan fingerprint density at radius 3 is 2.64 bits per heavy atom. The monoisotopic (exact) mass is 400 g/mol. The van der Waals surface area contributed by atoms with Crippen LogP contribution in [0.5, 0.6) is 0 Å². The van der Waals surface area contributed by atoms with Crippen LogP contribution in [0, 0.1) is 5.82 Å². The zero-order chi connectivity index (χ0) is 19.8. The topological polar surface area (TPSA) is 69.0 Å². The van der Waals surface area contributed by atoms with Gasteiger partial charge in [0.15, 0.2) is 11.0 Å². The third-order valence-electron chi connectivity index (χ3n) is 4.03. The molecule has 3 aromatic rings. The van der Waals surface area contributed by atoms with Crippen molar-refractivity contribution < 1.29 is 13.9 Å². The highest BCUT2D eigenvalue weighted by Gasteiger charge is 2.15. The second kappa shape index (κ2) is 10.0. The molecule has 6 nitrogen and oxygen atoms in total. The van der Waals surface area contributed by atoms with Gasteiger partial charge in [-0.25, -0.2) is 4.39 Å². The molecule has 0 aliphatic heterocycles. The van der Waals surface area contributed by atoms with Gasteiger partial charge < -0.3 is 10.1 Å². The Morgan fingerprint density at radius 1 is 1.14 bits per heavy atom. The molecule has 1 heterocycles. The molecule has 0 saturated heterocycles. The smallest absolute Gasteiger partial charge is 0.230 e. The summed E-state index contributed by atoms with van der Waals surface area (Å²) in [6, 6.07) is 16.1. The maximum absolute atomic E-state index is 13.6. The Hall–Kier alpha value is -2.71. The number of amides is 1. The number of rotatable bonds is 9. The first-order valence-electron chi connectivity index (χ1n) is 8.79. The lowest BCUT2D eigenvalue weighted by Crippen LogP contribution is -2.25. The van der Waals surface area contributed by atoms with Crippen molar-refractivity contribution >= 4 is 17.7 Å². The van der Waals surface area contributed by atoms with Crippen molar-refractivity contribution in [3.8, 4) is 11.4 Å². The van der Waals surface area contributed by atoms with Gasteiger partial charge in [0.1, 0.15) is 5.82 Å². The highest BCUT2D eigenvalue weighted by atomic mass is 32.2. The van der Waals surface area contributed by atoms with Crippen LogP contribution in [0.15, 0.2) is 59.8 Å². The molecule has 0 radical (unpaired) electrons. The molecule has 8 heteroatoms. The molecule has 0 spiro atoms. The molecule has 1 N–H and O–H groups in total. The molecular weight excluding hydrogens is 379 g/mol. The second-order valence-corrected chi connectivity index (χ2v) is 6.92. The molecule has 0 aliphatic rings. The predicted octanol–water partition coefficient (Wildman–Crippen LogP) is 3.14. The minimum atomic E-state index is -0.331. The predicted molar refractivity (Wildman–Crippen MR) is 106 cm³/mol. The third-order valence-corrected chi connectivity index (χ3v) is 5.00. The van der Waals surface area contributed by atoms with Gasteiger partial charge in [0.25, 0.3) is 0 Å². The molecule has 0 bridgehead atoms. The zero-order valence-corrected chi connectivity index (χ0v) is 16.3. The maximum Gasteiger partial charge on any atom is 0.230 e. The first-order valence-corrected chi connectivity index (χ1v) is 9.78. The minimum absolute atomic E-state index is 0.150. The number of nitrogens with zero attached hydrogens (tertiary/aromatic N) is 3. The molecule has 2 aromatic carbocycles. The molecule has 28 heavy (non-hydrogen) atoms. The van der Waals surface area contributed by atoms with Gasteiger partial charge in [0, 0.05) is 24.8 Å². The van der Waals surface area contributed by atoms with Crippen molar-refractivity contribution in [1.29, 1.82) is 0 Å². The lowest BCUT2D eigenvalue weighted by atomic mass is 10.2. The Bertz CT molecular complexity index is 918. The molecule has 0 atom stereocenters. The van der Waals surface area contributed by atoms with Gasteiger partial charge in [0.05, 0.1) is 18.9 Å². The molecule has 1 aromatic heterocycles. The van der Waals surface area contributed by atoms with Gasteiger partial charge in [0.2, 0.25) is 5.91 Å². The Kier molecular flexibility index (Phi) is 7.16. The standard InChI is InChI=1S/C20H21FN4O2S/c1-27-12-11-25-19(15-7-3-2-4-8-15)23-24-20(25)28-14-18(26)22-13-16-9-5-6-10-17(16)21/h2-10H,11-14H2,1H3,(H,22,26). The Balaban J connectivity index is 1.64. The Labute approximate surface area is 167 Å². The van der Waals surface area contributed by atoms with E-state index in [0.29, 0.717) is 23.9 Å². The summed E-state index contributed by atoms with van der Waals surface area (Å²) in [6.07, 6.45) is 0. The number of hydrogen-bond acceptors (Lipinski definition) is 5. The number of aromatic nitrogens is 3. The highest BCUT2D eigenvalue weighted by molar-refractivity contribution is 7.99. The van der Waals surface area contributed by atoms with Crippen molar-refractivity contribution in [2.45, 2.75) is 18.2 Å². The van der Waals surface area contributed by atoms with E-state index in [9.17, 15) is 9.18 Å². The van der Waals surface area contributed by atoms with Gasteiger partial charge in [-0.05, 0) is 6.07 Å². The van der Waals surface area contributed by atoms with Crippen molar-refractivity contribution in [3.63, 3.8) is 0 Å². The first-order chi connectivity index (χ1) is 13.7. The quantitative estimate of drug-likeness (QED) is 0.559. The third kappa shape index (κ3) is 5.17. The van der Waals surface area contributed by atoms with Crippen LogP contribution in [-0.2, 0) is 22.6 Å². The van der Waals surface area contributed by atoms with Crippen molar-refractivity contribution in [2.24, 2.45) is 0 Å². The van der Waals surface area contributed by atoms with Crippen LogP contribution in [0.4, 0.5) is 4.39 Å². The fourth-order valence-corrected chi connectivity index (χ4v) is 3.39. The maximum atomic E-state index is 13.6. The van der Waals surface area contributed by atoms with E-state index in [2.05, 4.69) is 15.5 Å². The molecule has 3 rings (SSSR count). The van der Waals surface area contributed by atoms with E-state index in [1.165, 1.54) is 17.8 Å². The van der Waals surface area contributed by atoms with Crippen LogP contribution in [-0.4, -0.2) is 40.1 Å². The van der Waals surface area contributed by atoms with Gasteiger partial charge in [-0.1, -0.05) is 60.3 Å². The summed E-state index contributed by atoms with van der Waals surface area (Å²) in [6.45, 7) is 1.23. The number of nitrogens with one attached hydrogen (secondary N) is 1. The van der Waals surface area contributed by atoms with Crippen molar-refractivity contribution in [3.05, 3.63) is 66.0 Å². The zero-order valence-electron chi connectivity index (χ0n) is 15.5. The van der Waals surface area contributed by atoms with E-state index in [0.717, 1.165) is 11.4 Å². The molecule has 0 saturated carbocycles. The van der Waals surface area contributed by atoms with Crippen LogP contribution < -0.4 is 5.32 Å². The van der Waals surface area contributed by atoms with Gasteiger partial charge in [-0.15, -0.1) is 10.2 Å². The number of carbonyl (C=O) groups is 1. The number of carbonyl (C=O) groups excluding carboxylic acids is 1. The average molecular weight is 400 g/mol. The molecule has 0 fully saturated rings. The first kappa shape index (κ1) is 20.0. The summed E-state index contributed by atoms with van der Waals surface area (Å²) < 4.78 is 20.8. The molecule has 0 aliphatic carbocycles. The molecule has 0 unspecified atom stereocenters. The fourth-order valence-electron chi connectivity index (χ4n) is 2.60. The normalized spacial score (nSPS) is 10.8. The molecule has 1 amide bonds. The van der Waals surface area contributed by atoms with Gasteiger partial charge in [-0.2, -0.15) is 0 Å². The summed E-state index contributed by atoms with van der Waals surface area (Å²) in [4.78, 5) is 12.2. The van der Waals surface area contributed by atoms with Crippen LogP contribution in [0.3, 0.4) is 0 Å². The summed E-state index contributed by atoms with van der Waals surface area (Å²) in [5, 5.41) is 11.9. The van der Waals surface area contributed by atoms with E-state index >= 15 is 0 Å². The summed E-state index contributed by atoms with van der Waals surface area (Å²) >= 11 is 1.29. The number of halogens is 1. The van der Waals surface area contributed by atoms with E-state index < -0.39 is 0 Å². The second-order valence-electron chi connectivity index (χ2n) is 5.97.